The molecule has 0 aliphatic rings. The lowest BCUT2D eigenvalue weighted by Crippen LogP contribution is -2.25. The molecule has 0 bridgehead atoms. The molecule has 17 heavy (non-hydrogen) atoms. The average molecular weight is 258 g/mol. The normalized spacial score (nSPS) is 13.7. The molecule has 0 aromatic carbocycles. The first-order valence-electron chi connectivity index (χ1n) is 5.84. The molecule has 98 valence electrons. The molecule has 1 atom stereocenters. The van der Waals surface area contributed by atoms with Gasteiger partial charge in [0.2, 0.25) is 5.89 Å². The molecule has 5 nitrogen and oxygen atoms in total. The maximum absolute atomic E-state index is 5.53. The number of hydrogen-bond acceptors (Lipinski definition) is 6. The first-order chi connectivity index (χ1) is 7.98. The molecule has 0 aliphatic carbocycles. The van der Waals surface area contributed by atoms with Crippen molar-refractivity contribution in [3.05, 3.63) is 5.89 Å². The molecule has 0 saturated carbocycles. The van der Waals surface area contributed by atoms with E-state index in [1.54, 1.807) is 11.8 Å². The third-order valence-electron chi connectivity index (χ3n) is 2.54. The summed E-state index contributed by atoms with van der Waals surface area (Å²) in [6.07, 6.45) is 2.09. The minimum Gasteiger partial charge on any atom is -0.406 e. The molecule has 0 aliphatic heterocycles. The highest BCUT2D eigenvalue weighted by Crippen LogP contribution is 2.22. The monoisotopic (exact) mass is 258 g/mol. The van der Waals surface area contributed by atoms with Gasteiger partial charge in [0, 0.05) is 11.3 Å². The second kappa shape index (κ2) is 6.26. The molecule has 1 aromatic heterocycles. The number of aromatic nitrogens is 2. The van der Waals surface area contributed by atoms with Gasteiger partial charge < -0.3 is 15.1 Å². The first kappa shape index (κ1) is 14.3. The van der Waals surface area contributed by atoms with Crippen molar-refractivity contribution in [2.45, 2.75) is 38.5 Å². The van der Waals surface area contributed by atoms with Crippen molar-refractivity contribution >= 4 is 17.8 Å². The Morgan fingerprint density at radius 2 is 2.12 bits per heavy atom. The van der Waals surface area contributed by atoms with Crippen LogP contribution in [0.15, 0.2) is 4.42 Å². The van der Waals surface area contributed by atoms with Crippen LogP contribution in [0.25, 0.3) is 0 Å². The molecule has 0 spiro atoms. The van der Waals surface area contributed by atoms with Crippen molar-refractivity contribution in [2.24, 2.45) is 0 Å². The topological polar surface area (TPSA) is 63.0 Å². The molecule has 0 fully saturated rings. The van der Waals surface area contributed by atoms with Gasteiger partial charge in [0.15, 0.2) is 0 Å². The van der Waals surface area contributed by atoms with E-state index in [0.717, 1.165) is 13.1 Å². The number of nitrogens with zero attached hydrogens (tertiary/aromatic N) is 2. The highest BCUT2D eigenvalue weighted by molar-refractivity contribution is 7.99. The van der Waals surface area contributed by atoms with E-state index in [0.29, 0.717) is 11.9 Å². The van der Waals surface area contributed by atoms with Crippen LogP contribution in [0.2, 0.25) is 0 Å². The van der Waals surface area contributed by atoms with Gasteiger partial charge in [0.05, 0.1) is 6.04 Å². The van der Waals surface area contributed by atoms with E-state index in [9.17, 15) is 0 Å². The summed E-state index contributed by atoms with van der Waals surface area (Å²) in [5, 5.41) is 14.4. The second-order valence-electron chi connectivity index (χ2n) is 4.54. The van der Waals surface area contributed by atoms with E-state index >= 15 is 0 Å². The molecular formula is C11H22N4OS. The van der Waals surface area contributed by atoms with Gasteiger partial charge in [0.25, 0.3) is 0 Å². The van der Waals surface area contributed by atoms with E-state index in [4.69, 9.17) is 4.42 Å². The third-order valence-corrected chi connectivity index (χ3v) is 3.79. The van der Waals surface area contributed by atoms with Crippen molar-refractivity contribution in [3.8, 4) is 0 Å². The van der Waals surface area contributed by atoms with Crippen LogP contribution in [0.1, 0.15) is 39.6 Å². The van der Waals surface area contributed by atoms with Crippen molar-refractivity contribution < 1.29 is 4.42 Å². The number of anilines is 1. The first-order valence-corrected chi connectivity index (χ1v) is 7.07. The molecule has 1 aromatic rings. The van der Waals surface area contributed by atoms with Crippen LogP contribution < -0.4 is 10.6 Å². The quantitative estimate of drug-likeness (QED) is 0.782. The Bertz CT molecular complexity index is 340. The van der Waals surface area contributed by atoms with Gasteiger partial charge in [-0.25, -0.2) is 0 Å². The summed E-state index contributed by atoms with van der Waals surface area (Å²) < 4.78 is 5.69. The van der Waals surface area contributed by atoms with Crippen LogP contribution in [0, 0.1) is 0 Å². The summed E-state index contributed by atoms with van der Waals surface area (Å²) in [6.45, 7) is 10.1. The predicted molar refractivity (Wildman–Crippen MR) is 72.5 cm³/mol. The lowest BCUT2D eigenvalue weighted by Gasteiger charge is -2.21. The molecule has 2 N–H and O–H groups in total. The summed E-state index contributed by atoms with van der Waals surface area (Å²) in [5.41, 5.74) is 0. The summed E-state index contributed by atoms with van der Waals surface area (Å²) in [4.78, 5) is 0. The van der Waals surface area contributed by atoms with Crippen LogP contribution >= 0.6 is 11.8 Å². The van der Waals surface area contributed by atoms with Gasteiger partial charge in [-0.2, -0.15) is 11.8 Å². The smallest absolute Gasteiger partial charge is 0.315 e. The minimum absolute atomic E-state index is 0.0941. The fraction of sp³-hybridized carbons (Fsp3) is 0.818. The maximum Gasteiger partial charge on any atom is 0.315 e. The average Bonchev–Trinajstić information content (AvgIpc) is 2.76. The lowest BCUT2D eigenvalue weighted by molar-refractivity contribution is 0.428. The Hall–Kier alpha value is -0.750. The zero-order valence-corrected chi connectivity index (χ0v) is 12.0. The highest BCUT2D eigenvalue weighted by Gasteiger charge is 2.18. The van der Waals surface area contributed by atoms with Gasteiger partial charge in [-0.15, -0.1) is 5.10 Å². The number of nitrogens with one attached hydrogen (secondary N) is 2. The van der Waals surface area contributed by atoms with Gasteiger partial charge >= 0.3 is 6.01 Å². The van der Waals surface area contributed by atoms with Gasteiger partial charge in [0.1, 0.15) is 0 Å². The molecule has 0 saturated heterocycles. The Kier molecular flexibility index (Phi) is 5.27. The number of rotatable bonds is 7. The highest BCUT2D eigenvalue weighted by atomic mass is 32.2. The molecular weight excluding hydrogens is 236 g/mol. The zero-order chi connectivity index (χ0) is 12.9. The minimum atomic E-state index is 0.0941. The molecule has 6 heteroatoms. The van der Waals surface area contributed by atoms with Crippen LogP contribution in [-0.4, -0.2) is 34.3 Å². The van der Waals surface area contributed by atoms with Gasteiger partial charge in [-0.05, 0) is 33.6 Å². The van der Waals surface area contributed by atoms with Gasteiger partial charge in [-0.3, -0.25) is 0 Å². The molecule has 1 heterocycles. The summed E-state index contributed by atoms with van der Waals surface area (Å²) >= 11 is 1.80. The molecule has 0 amide bonds. The van der Waals surface area contributed by atoms with Crippen LogP contribution in [0.4, 0.5) is 6.01 Å². The van der Waals surface area contributed by atoms with Crippen LogP contribution in [0.3, 0.4) is 0 Å². The molecule has 1 rings (SSSR count). The van der Waals surface area contributed by atoms with Crippen molar-refractivity contribution in [1.29, 1.82) is 0 Å². The van der Waals surface area contributed by atoms with E-state index in [1.807, 2.05) is 13.8 Å². The molecule has 1 unspecified atom stereocenters. The van der Waals surface area contributed by atoms with Crippen molar-refractivity contribution in [2.75, 3.05) is 24.7 Å². The van der Waals surface area contributed by atoms with Crippen molar-refractivity contribution in [1.82, 2.24) is 15.5 Å². The summed E-state index contributed by atoms with van der Waals surface area (Å²) in [5.74, 6) is 0.622. The third kappa shape index (κ3) is 4.55. The van der Waals surface area contributed by atoms with Crippen LogP contribution in [0.5, 0.6) is 0 Å². The lowest BCUT2D eigenvalue weighted by atomic mass is 10.2. The van der Waals surface area contributed by atoms with E-state index in [-0.39, 0.29) is 10.8 Å². The Morgan fingerprint density at radius 3 is 2.71 bits per heavy atom. The van der Waals surface area contributed by atoms with Crippen LogP contribution in [-0.2, 0) is 0 Å². The SMILES string of the molecule is CCNC(C)c1nnc(NCC(C)(C)SC)o1. The number of thioether (sulfide) groups is 1. The largest absolute Gasteiger partial charge is 0.406 e. The standard InChI is InChI=1S/C11H22N4OS/c1-6-12-8(2)9-14-15-10(16-9)13-7-11(3,4)17-5/h8,12H,6-7H2,1-5H3,(H,13,15). The Morgan fingerprint density at radius 1 is 1.41 bits per heavy atom. The second-order valence-corrected chi connectivity index (χ2v) is 6.06. The number of hydrogen-bond donors (Lipinski definition) is 2. The summed E-state index contributed by atoms with van der Waals surface area (Å²) in [6, 6.07) is 0.587. The maximum atomic E-state index is 5.53. The Balaban J connectivity index is 2.51. The predicted octanol–water partition coefficient (Wildman–Crippen LogP) is 2.29. The van der Waals surface area contributed by atoms with E-state index in [2.05, 4.69) is 40.9 Å². The zero-order valence-electron chi connectivity index (χ0n) is 11.2. The van der Waals surface area contributed by atoms with Gasteiger partial charge in [-0.1, -0.05) is 12.0 Å². The Labute approximate surface area is 107 Å². The van der Waals surface area contributed by atoms with Crippen molar-refractivity contribution in [3.63, 3.8) is 0 Å². The summed E-state index contributed by atoms with van der Waals surface area (Å²) in [7, 11) is 0. The fourth-order valence-corrected chi connectivity index (χ4v) is 1.45. The molecule has 0 radical (unpaired) electrons. The fourth-order valence-electron chi connectivity index (χ4n) is 1.24. The van der Waals surface area contributed by atoms with E-state index < -0.39 is 0 Å². The van der Waals surface area contributed by atoms with E-state index in [1.165, 1.54) is 0 Å².